The van der Waals surface area contributed by atoms with Crippen molar-refractivity contribution in [2.45, 2.75) is 58.9 Å². The highest BCUT2D eigenvalue weighted by atomic mass is 16.5. The SMILES string of the molecule is CCCNC(CCOC)CC(C)CCC. The maximum atomic E-state index is 5.15. The first-order valence-electron chi connectivity index (χ1n) is 6.46. The summed E-state index contributed by atoms with van der Waals surface area (Å²) < 4.78 is 5.15. The summed E-state index contributed by atoms with van der Waals surface area (Å²) in [6.45, 7) is 8.85. The topological polar surface area (TPSA) is 21.3 Å². The minimum absolute atomic E-state index is 0.645. The van der Waals surface area contributed by atoms with Crippen molar-refractivity contribution in [3.8, 4) is 0 Å². The highest BCUT2D eigenvalue weighted by molar-refractivity contribution is 4.69. The van der Waals surface area contributed by atoms with Crippen LogP contribution < -0.4 is 5.32 Å². The summed E-state index contributed by atoms with van der Waals surface area (Å²) in [6.07, 6.45) is 6.29. The van der Waals surface area contributed by atoms with E-state index in [9.17, 15) is 0 Å². The van der Waals surface area contributed by atoms with Crippen LogP contribution in [0.3, 0.4) is 0 Å². The minimum atomic E-state index is 0.645. The number of nitrogens with one attached hydrogen (secondary N) is 1. The third-order valence-corrected chi connectivity index (χ3v) is 2.82. The van der Waals surface area contributed by atoms with Gasteiger partial charge in [0.05, 0.1) is 0 Å². The van der Waals surface area contributed by atoms with Gasteiger partial charge in [-0.25, -0.2) is 0 Å². The van der Waals surface area contributed by atoms with E-state index in [-0.39, 0.29) is 0 Å². The molecular formula is C13H29NO. The van der Waals surface area contributed by atoms with Gasteiger partial charge in [0.25, 0.3) is 0 Å². The lowest BCUT2D eigenvalue weighted by atomic mass is 9.95. The molecule has 15 heavy (non-hydrogen) atoms. The predicted molar refractivity (Wildman–Crippen MR) is 67.3 cm³/mol. The second-order valence-corrected chi connectivity index (χ2v) is 4.56. The molecule has 0 heterocycles. The molecule has 0 spiro atoms. The fourth-order valence-corrected chi connectivity index (χ4v) is 2.01. The van der Waals surface area contributed by atoms with E-state index in [1.165, 1.54) is 25.7 Å². The van der Waals surface area contributed by atoms with Gasteiger partial charge in [-0.05, 0) is 31.7 Å². The summed E-state index contributed by atoms with van der Waals surface area (Å²) in [4.78, 5) is 0. The number of ether oxygens (including phenoxy) is 1. The molecule has 0 aliphatic heterocycles. The average molecular weight is 215 g/mol. The van der Waals surface area contributed by atoms with Crippen LogP contribution in [-0.4, -0.2) is 26.3 Å². The van der Waals surface area contributed by atoms with E-state index in [1.807, 2.05) is 0 Å². The quantitative estimate of drug-likeness (QED) is 0.604. The van der Waals surface area contributed by atoms with Gasteiger partial charge in [0.1, 0.15) is 0 Å². The maximum Gasteiger partial charge on any atom is 0.0477 e. The maximum absolute atomic E-state index is 5.15. The standard InChI is InChI=1S/C13H29NO/c1-5-7-12(3)11-13(8-10-15-4)14-9-6-2/h12-14H,5-11H2,1-4H3. The van der Waals surface area contributed by atoms with Crippen molar-refractivity contribution in [1.29, 1.82) is 0 Å². The Morgan fingerprint density at radius 2 is 1.87 bits per heavy atom. The Kier molecular flexibility index (Phi) is 10.4. The van der Waals surface area contributed by atoms with Gasteiger partial charge in [-0.15, -0.1) is 0 Å². The summed E-state index contributed by atoms with van der Waals surface area (Å²) in [5, 5.41) is 3.61. The van der Waals surface area contributed by atoms with Crippen molar-refractivity contribution in [2.24, 2.45) is 5.92 Å². The van der Waals surface area contributed by atoms with Gasteiger partial charge >= 0.3 is 0 Å². The van der Waals surface area contributed by atoms with Gasteiger partial charge in [0.2, 0.25) is 0 Å². The lowest BCUT2D eigenvalue weighted by Gasteiger charge is -2.21. The zero-order valence-corrected chi connectivity index (χ0v) is 11.0. The van der Waals surface area contributed by atoms with Gasteiger partial charge in [-0.2, -0.15) is 0 Å². The van der Waals surface area contributed by atoms with Crippen LogP contribution in [0, 0.1) is 5.92 Å². The Hall–Kier alpha value is -0.0800. The van der Waals surface area contributed by atoms with E-state index in [1.54, 1.807) is 7.11 Å². The normalized spacial score (nSPS) is 15.2. The summed E-state index contributed by atoms with van der Waals surface area (Å²) in [6, 6.07) is 0.645. The minimum Gasteiger partial charge on any atom is -0.385 e. The third-order valence-electron chi connectivity index (χ3n) is 2.82. The zero-order chi connectivity index (χ0) is 11.5. The Balaban J connectivity index is 3.76. The van der Waals surface area contributed by atoms with E-state index in [0.717, 1.165) is 25.5 Å². The molecule has 0 fully saturated rings. The fraction of sp³-hybridized carbons (Fsp3) is 1.00. The summed E-state index contributed by atoms with van der Waals surface area (Å²) >= 11 is 0. The van der Waals surface area contributed by atoms with Crippen LogP contribution in [0.1, 0.15) is 52.9 Å². The van der Waals surface area contributed by atoms with Crippen molar-refractivity contribution in [2.75, 3.05) is 20.3 Å². The van der Waals surface area contributed by atoms with Gasteiger partial charge < -0.3 is 10.1 Å². The Morgan fingerprint density at radius 3 is 2.40 bits per heavy atom. The highest BCUT2D eigenvalue weighted by Crippen LogP contribution is 2.14. The lowest BCUT2D eigenvalue weighted by molar-refractivity contribution is 0.177. The third kappa shape index (κ3) is 8.88. The fourth-order valence-electron chi connectivity index (χ4n) is 2.01. The van der Waals surface area contributed by atoms with Crippen LogP contribution >= 0.6 is 0 Å². The molecule has 0 aliphatic carbocycles. The molecule has 0 saturated carbocycles. The zero-order valence-electron chi connectivity index (χ0n) is 11.0. The molecule has 1 N–H and O–H groups in total. The second kappa shape index (κ2) is 10.4. The van der Waals surface area contributed by atoms with E-state index < -0.39 is 0 Å². The van der Waals surface area contributed by atoms with Crippen molar-refractivity contribution in [3.63, 3.8) is 0 Å². The van der Waals surface area contributed by atoms with Crippen molar-refractivity contribution in [3.05, 3.63) is 0 Å². The van der Waals surface area contributed by atoms with Gasteiger partial charge in [-0.3, -0.25) is 0 Å². The molecule has 2 heteroatoms. The van der Waals surface area contributed by atoms with Crippen LogP contribution in [-0.2, 0) is 4.74 Å². The molecule has 0 amide bonds. The smallest absolute Gasteiger partial charge is 0.0477 e. The van der Waals surface area contributed by atoms with Crippen LogP contribution in [0.15, 0.2) is 0 Å². The molecule has 0 aromatic heterocycles. The first kappa shape index (κ1) is 14.9. The Morgan fingerprint density at radius 1 is 1.13 bits per heavy atom. The largest absolute Gasteiger partial charge is 0.385 e. The van der Waals surface area contributed by atoms with Crippen molar-refractivity contribution >= 4 is 0 Å². The molecule has 0 aromatic rings. The van der Waals surface area contributed by atoms with Crippen LogP contribution in [0.4, 0.5) is 0 Å². The molecule has 2 unspecified atom stereocenters. The van der Waals surface area contributed by atoms with Gasteiger partial charge in [0, 0.05) is 19.8 Å². The van der Waals surface area contributed by atoms with E-state index in [4.69, 9.17) is 4.74 Å². The first-order chi connectivity index (χ1) is 7.24. The van der Waals surface area contributed by atoms with Crippen molar-refractivity contribution < 1.29 is 4.74 Å². The second-order valence-electron chi connectivity index (χ2n) is 4.56. The predicted octanol–water partition coefficient (Wildman–Crippen LogP) is 3.22. The number of rotatable bonds is 10. The molecule has 0 saturated heterocycles. The van der Waals surface area contributed by atoms with Crippen LogP contribution in [0.5, 0.6) is 0 Å². The molecule has 0 aliphatic rings. The summed E-state index contributed by atoms with van der Waals surface area (Å²) in [5.41, 5.74) is 0. The lowest BCUT2D eigenvalue weighted by Crippen LogP contribution is -2.32. The molecule has 0 rings (SSSR count). The first-order valence-corrected chi connectivity index (χ1v) is 6.46. The summed E-state index contributed by atoms with van der Waals surface area (Å²) in [5.74, 6) is 0.834. The van der Waals surface area contributed by atoms with E-state index in [2.05, 4.69) is 26.1 Å². The number of methoxy groups -OCH3 is 1. The highest BCUT2D eigenvalue weighted by Gasteiger charge is 2.11. The Labute approximate surface area is 95.8 Å². The van der Waals surface area contributed by atoms with Crippen LogP contribution in [0.25, 0.3) is 0 Å². The number of hydrogen-bond acceptors (Lipinski definition) is 2. The van der Waals surface area contributed by atoms with Gasteiger partial charge in [0.15, 0.2) is 0 Å². The molecule has 0 radical (unpaired) electrons. The average Bonchev–Trinajstić information content (AvgIpc) is 2.22. The Bertz CT molecular complexity index is 120. The molecular weight excluding hydrogens is 186 g/mol. The van der Waals surface area contributed by atoms with E-state index >= 15 is 0 Å². The van der Waals surface area contributed by atoms with Crippen molar-refractivity contribution in [1.82, 2.24) is 5.32 Å². The van der Waals surface area contributed by atoms with Crippen LogP contribution in [0.2, 0.25) is 0 Å². The summed E-state index contributed by atoms with van der Waals surface area (Å²) in [7, 11) is 1.78. The molecule has 92 valence electrons. The molecule has 0 bridgehead atoms. The van der Waals surface area contributed by atoms with Gasteiger partial charge in [-0.1, -0.05) is 33.6 Å². The number of hydrogen-bond donors (Lipinski definition) is 1. The monoisotopic (exact) mass is 215 g/mol. The molecule has 2 nitrogen and oxygen atoms in total. The molecule has 2 atom stereocenters. The molecule has 0 aromatic carbocycles. The van der Waals surface area contributed by atoms with E-state index in [0.29, 0.717) is 6.04 Å².